The number of hydrogen-bond acceptors (Lipinski definition) is 1. The highest BCUT2D eigenvalue weighted by Crippen LogP contribution is 2.16. The van der Waals surface area contributed by atoms with E-state index in [0.717, 1.165) is 12.1 Å². The third-order valence-electron chi connectivity index (χ3n) is 1.99. The Bertz CT molecular complexity index is 401. The quantitative estimate of drug-likeness (QED) is 0.853. The van der Waals surface area contributed by atoms with Gasteiger partial charge in [0.05, 0.1) is 4.32 Å². The maximum atomic E-state index is 13.2. The molecule has 2 nitrogen and oxygen atoms in total. The fourth-order valence-corrected chi connectivity index (χ4v) is 1.19. The van der Waals surface area contributed by atoms with Crippen molar-refractivity contribution < 1.29 is 13.6 Å². The summed E-state index contributed by atoms with van der Waals surface area (Å²) in [6.07, 6.45) is 0. The molecule has 0 aliphatic carbocycles. The molecule has 0 saturated heterocycles. The zero-order valence-corrected chi connectivity index (χ0v) is 10.6. The van der Waals surface area contributed by atoms with Gasteiger partial charge in [-0.25, -0.2) is 8.78 Å². The van der Waals surface area contributed by atoms with Gasteiger partial charge in [-0.05, 0) is 19.9 Å². The molecule has 0 spiro atoms. The van der Waals surface area contributed by atoms with Gasteiger partial charge in [-0.2, -0.15) is 0 Å². The van der Waals surface area contributed by atoms with Crippen molar-refractivity contribution in [2.75, 3.05) is 0 Å². The van der Waals surface area contributed by atoms with Gasteiger partial charge in [0, 0.05) is 18.2 Å². The van der Waals surface area contributed by atoms with E-state index in [1.54, 1.807) is 13.8 Å². The highest BCUT2D eigenvalue weighted by atomic mass is 79.9. The first-order valence-electron chi connectivity index (χ1n) is 4.72. The molecule has 88 valence electrons. The van der Waals surface area contributed by atoms with E-state index in [2.05, 4.69) is 21.2 Å². The van der Waals surface area contributed by atoms with Crippen LogP contribution in [0.15, 0.2) is 18.2 Å². The van der Waals surface area contributed by atoms with Crippen molar-refractivity contribution in [2.45, 2.75) is 24.7 Å². The minimum absolute atomic E-state index is 0.0416. The summed E-state index contributed by atoms with van der Waals surface area (Å²) in [4.78, 5) is 11.5. The van der Waals surface area contributed by atoms with E-state index < -0.39 is 16.0 Å². The molecule has 0 aliphatic heterocycles. The maximum Gasteiger partial charge on any atom is 0.236 e. The first kappa shape index (κ1) is 13.1. The molecule has 1 aromatic rings. The summed E-state index contributed by atoms with van der Waals surface area (Å²) in [5.41, 5.74) is 0.256. The standard InChI is InChI=1S/C11H12BrF2NO/c1-11(2,12)10(16)15-6-7-3-4-8(13)5-9(7)14/h3-5H,6H2,1-2H3,(H,15,16). The molecule has 0 atom stereocenters. The Labute approximate surface area is 101 Å². The molecule has 1 N–H and O–H groups in total. The van der Waals surface area contributed by atoms with Gasteiger partial charge in [0.15, 0.2) is 0 Å². The molecular weight excluding hydrogens is 280 g/mol. The van der Waals surface area contributed by atoms with Crippen LogP contribution in [0.3, 0.4) is 0 Å². The van der Waals surface area contributed by atoms with Gasteiger partial charge >= 0.3 is 0 Å². The first-order chi connectivity index (χ1) is 7.30. The van der Waals surface area contributed by atoms with Gasteiger partial charge < -0.3 is 5.32 Å². The molecule has 0 aliphatic rings. The minimum Gasteiger partial charge on any atom is -0.351 e. The van der Waals surface area contributed by atoms with Crippen LogP contribution < -0.4 is 5.32 Å². The lowest BCUT2D eigenvalue weighted by atomic mass is 10.1. The summed E-state index contributed by atoms with van der Waals surface area (Å²) in [5, 5.41) is 2.55. The van der Waals surface area contributed by atoms with E-state index in [4.69, 9.17) is 0 Å². The van der Waals surface area contributed by atoms with Gasteiger partial charge in [0.2, 0.25) is 5.91 Å². The first-order valence-corrected chi connectivity index (χ1v) is 5.51. The zero-order valence-electron chi connectivity index (χ0n) is 8.98. The van der Waals surface area contributed by atoms with Crippen LogP contribution >= 0.6 is 15.9 Å². The third-order valence-corrected chi connectivity index (χ3v) is 2.35. The van der Waals surface area contributed by atoms with Crippen molar-refractivity contribution in [1.82, 2.24) is 5.32 Å². The van der Waals surface area contributed by atoms with Crippen molar-refractivity contribution in [1.29, 1.82) is 0 Å². The zero-order chi connectivity index (χ0) is 12.3. The largest absolute Gasteiger partial charge is 0.351 e. The molecule has 0 saturated carbocycles. The molecule has 0 unspecified atom stereocenters. The molecule has 16 heavy (non-hydrogen) atoms. The molecular formula is C11H12BrF2NO. The SMILES string of the molecule is CC(C)(Br)C(=O)NCc1ccc(F)cc1F. The van der Waals surface area contributed by atoms with E-state index in [-0.39, 0.29) is 18.0 Å². The van der Waals surface area contributed by atoms with Crippen LogP contribution in [-0.4, -0.2) is 10.2 Å². The number of hydrogen-bond donors (Lipinski definition) is 1. The second-order valence-electron chi connectivity index (χ2n) is 3.89. The van der Waals surface area contributed by atoms with Crippen molar-refractivity contribution >= 4 is 21.8 Å². The number of carbonyl (C=O) groups is 1. The second-order valence-corrected chi connectivity index (χ2v) is 5.87. The Morgan fingerprint density at radius 3 is 2.56 bits per heavy atom. The molecule has 0 bridgehead atoms. The van der Waals surface area contributed by atoms with E-state index in [1.165, 1.54) is 6.07 Å². The van der Waals surface area contributed by atoms with Gasteiger partial charge in [-0.15, -0.1) is 0 Å². The molecule has 1 aromatic carbocycles. The Kier molecular flexibility index (Phi) is 4.02. The lowest BCUT2D eigenvalue weighted by Crippen LogP contribution is -2.37. The number of rotatable bonds is 3. The second kappa shape index (κ2) is 4.91. The molecule has 1 rings (SSSR count). The van der Waals surface area contributed by atoms with Crippen LogP contribution in [0.2, 0.25) is 0 Å². The van der Waals surface area contributed by atoms with Crippen LogP contribution in [0.25, 0.3) is 0 Å². The predicted octanol–water partition coefficient (Wildman–Crippen LogP) is 2.75. The Hall–Kier alpha value is -0.970. The summed E-state index contributed by atoms with van der Waals surface area (Å²) in [6.45, 7) is 3.41. The summed E-state index contributed by atoms with van der Waals surface area (Å²) >= 11 is 3.18. The monoisotopic (exact) mass is 291 g/mol. The van der Waals surface area contributed by atoms with Gasteiger partial charge in [-0.1, -0.05) is 22.0 Å². The lowest BCUT2D eigenvalue weighted by molar-refractivity contribution is -0.122. The lowest BCUT2D eigenvalue weighted by Gasteiger charge is -2.15. The summed E-state index contributed by atoms with van der Waals surface area (Å²) in [7, 11) is 0. The van der Waals surface area contributed by atoms with E-state index in [9.17, 15) is 13.6 Å². The van der Waals surface area contributed by atoms with Gasteiger partial charge in [-0.3, -0.25) is 4.79 Å². The van der Waals surface area contributed by atoms with Crippen LogP contribution in [0.5, 0.6) is 0 Å². The number of alkyl halides is 1. The normalized spacial score (nSPS) is 11.3. The van der Waals surface area contributed by atoms with Crippen molar-refractivity contribution in [3.8, 4) is 0 Å². The number of halogens is 3. The highest BCUT2D eigenvalue weighted by Gasteiger charge is 2.23. The molecule has 0 heterocycles. The number of amides is 1. The number of benzene rings is 1. The van der Waals surface area contributed by atoms with Crippen molar-refractivity contribution in [3.05, 3.63) is 35.4 Å². The minimum atomic E-state index is -0.705. The van der Waals surface area contributed by atoms with Crippen LogP contribution in [0.4, 0.5) is 8.78 Å². The fraction of sp³-hybridized carbons (Fsp3) is 0.364. The summed E-state index contributed by atoms with van der Waals surface area (Å²) < 4.78 is 25.1. The summed E-state index contributed by atoms with van der Waals surface area (Å²) in [5.74, 6) is -1.54. The van der Waals surface area contributed by atoms with Crippen LogP contribution in [0.1, 0.15) is 19.4 Å². The Morgan fingerprint density at radius 1 is 1.44 bits per heavy atom. The van der Waals surface area contributed by atoms with Gasteiger partial charge in [0.1, 0.15) is 11.6 Å². The predicted molar refractivity (Wildman–Crippen MR) is 61.2 cm³/mol. The van der Waals surface area contributed by atoms with E-state index >= 15 is 0 Å². The van der Waals surface area contributed by atoms with Crippen LogP contribution in [-0.2, 0) is 11.3 Å². The highest BCUT2D eigenvalue weighted by molar-refractivity contribution is 9.10. The summed E-state index contributed by atoms with van der Waals surface area (Å²) in [6, 6.07) is 3.26. The third kappa shape index (κ3) is 3.56. The Balaban J connectivity index is 2.65. The van der Waals surface area contributed by atoms with E-state index in [1.807, 2.05) is 0 Å². The van der Waals surface area contributed by atoms with E-state index in [0.29, 0.717) is 0 Å². The fourth-order valence-electron chi connectivity index (χ4n) is 1.05. The van der Waals surface area contributed by atoms with Crippen molar-refractivity contribution in [3.63, 3.8) is 0 Å². The average molecular weight is 292 g/mol. The molecule has 5 heteroatoms. The molecule has 0 fully saturated rings. The number of carbonyl (C=O) groups excluding carboxylic acids is 1. The molecule has 0 radical (unpaired) electrons. The maximum absolute atomic E-state index is 13.2. The molecule has 0 aromatic heterocycles. The Morgan fingerprint density at radius 2 is 2.06 bits per heavy atom. The number of nitrogens with one attached hydrogen (secondary N) is 1. The van der Waals surface area contributed by atoms with Gasteiger partial charge in [0.25, 0.3) is 0 Å². The topological polar surface area (TPSA) is 29.1 Å². The smallest absolute Gasteiger partial charge is 0.236 e. The van der Waals surface area contributed by atoms with Crippen molar-refractivity contribution in [2.24, 2.45) is 0 Å². The van der Waals surface area contributed by atoms with Crippen LogP contribution in [0, 0.1) is 11.6 Å². The molecule has 1 amide bonds. The average Bonchev–Trinajstić information content (AvgIpc) is 2.14.